The highest BCUT2D eigenvalue weighted by Gasteiger charge is 2.22. The predicted molar refractivity (Wildman–Crippen MR) is 118 cm³/mol. The summed E-state index contributed by atoms with van der Waals surface area (Å²) in [5, 5.41) is 6.98. The molecular weight excluding hydrogens is 472 g/mol. The predicted octanol–water partition coefficient (Wildman–Crippen LogP) is 3.92. The fourth-order valence-electron chi connectivity index (χ4n) is 3.16. The normalized spacial score (nSPS) is 10.8. The zero-order valence-electron chi connectivity index (χ0n) is 18.2. The van der Waals surface area contributed by atoms with Crippen LogP contribution in [0.2, 0.25) is 5.02 Å². The molecular formula is C23H20ClF2N3O5. The molecule has 178 valence electrons. The Kier molecular flexibility index (Phi) is 7.95. The molecule has 1 heterocycles. The summed E-state index contributed by atoms with van der Waals surface area (Å²) in [4.78, 5) is 36.8. The number of ether oxygens (including phenoxy) is 2. The van der Waals surface area contributed by atoms with Crippen molar-refractivity contribution in [3.63, 3.8) is 0 Å². The van der Waals surface area contributed by atoms with E-state index in [9.17, 15) is 23.2 Å². The number of carbonyl (C=O) groups excluding carboxylic acids is 3. The van der Waals surface area contributed by atoms with Crippen LogP contribution in [0, 0.1) is 13.8 Å². The number of hydrogen-bond acceptors (Lipinski definition) is 6. The molecule has 0 fully saturated rings. The van der Waals surface area contributed by atoms with Gasteiger partial charge in [-0.25, -0.2) is 4.79 Å². The topological polar surface area (TPSA) is 99.5 Å². The van der Waals surface area contributed by atoms with Crippen molar-refractivity contribution in [2.45, 2.75) is 27.0 Å². The molecule has 8 nitrogen and oxygen atoms in total. The highest BCUT2D eigenvalue weighted by atomic mass is 35.5. The molecule has 0 unspecified atom stereocenters. The van der Waals surface area contributed by atoms with Gasteiger partial charge in [-0.05, 0) is 49.7 Å². The van der Waals surface area contributed by atoms with Gasteiger partial charge in [-0.1, -0.05) is 29.8 Å². The average Bonchev–Trinajstić information content (AvgIpc) is 3.06. The second-order valence-corrected chi connectivity index (χ2v) is 7.56. The molecule has 2 amide bonds. The van der Waals surface area contributed by atoms with Crippen LogP contribution >= 0.6 is 11.6 Å². The van der Waals surface area contributed by atoms with Crippen molar-refractivity contribution in [2.75, 3.05) is 6.61 Å². The highest BCUT2D eigenvalue weighted by molar-refractivity contribution is 6.31. The van der Waals surface area contributed by atoms with Crippen LogP contribution in [0.15, 0.2) is 48.5 Å². The Hall–Kier alpha value is -3.79. The van der Waals surface area contributed by atoms with Gasteiger partial charge in [-0.3, -0.25) is 19.6 Å². The largest absolute Gasteiger partial charge is 0.452 e. The lowest BCUT2D eigenvalue weighted by Gasteiger charge is -2.08. The maximum Gasteiger partial charge on any atom is 0.387 e. The summed E-state index contributed by atoms with van der Waals surface area (Å²) in [5.41, 5.74) is 2.01. The summed E-state index contributed by atoms with van der Waals surface area (Å²) >= 11 is 6.19. The van der Waals surface area contributed by atoms with Crippen molar-refractivity contribution < 1.29 is 32.6 Å². The first-order chi connectivity index (χ1) is 16.2. The molecule has 0 aliphatic rings. The van der Waals surface area contributed by atoms with Crippen LogP contribution in [-0.2, 0) is 16.1 Å². The lowest BCUT2D eigenvalue weighted by molar-refractivity contribution is -0.123. The number of alkyl halides is 2. The third kappa shape index (κ3) is 6.16. The lowest BCUT2D eigenvalue weighted by atomic mass is 10.2. The fourth-order valence-corrected chi connectivity index (χ4v) is 3.36. The first kappa shape index (κ1) is 24.8. The molecule has 0 aliphatic carbocycles. The van der Waals surface area contributed by atoms with Gasteiger partial charge in [0, 0.05) is 10.6 Å². The van der Waals surface area contributed by atoms with Crippen molar-refractivity contribution in [1.29, 1.82) is 0 Å². The fraction of sp³-hybridized carbons (Fsp3) is 0.217. The van der Waals surface area contributed by atoms with Crippen molar-refractivity contribution in [1.82, 2.24) is 15.1 Å². The number of amides is 2. The molecule has 11 heteroatoms. The van der Waals surface area contributed by atoms with Gasteiger partial charge in [0.15, 0.2) is 6.61 Å². The number of nitrogens with one attached hydrogen (secondary N) is 1. The van der Waals surface area contributed by atoms with Gasteiger partial charge >= 0.3 is 12.6 Å². The minimum atomic E-state index is -2.99. The molecule has 0 radical (unpaired) electrons. The van der Waals surface area contributed by atoms with Crippen LogP contribution in [0.1, 0.15) is 37.7 Å². The molecule has 0 atom stereocenters. The number of carbonyl (C=O) groups is 3. The Morgan fingerprint density at radius 2 is 1.76 bits per heavy atom. The van der Waals surface area contributed by atoms with Crippen molar-refractivity contribution >= 4 is 29.4 Å². The number of aromatic nitrogens is 2. The van der Waals surface area contributed by atoms with Crippen molar-refractivity contribution in [3.8, 4) is 5.75 Å². The Morgan fingerprint density at radius 3 is 2.41 bits per heavy atom. The van der Waals surface area contributed by atoms with E-state index in [2.05, 4.69) is 15.2 Å². The van der Waals surface area contributed by atoms with E-state index >= 15 is 0 Å². The molecule has 0 aliphatic heterocycles. The van der Waals surface area contributed by atoms with Crippen LogP contribution in [0.25, 0.3) is 0 Å². The number of esters is 1. The standard InChI is InChI=1S/C23H20ClF2N3O5/c1-13-20(14(2)29(28-13)11-16-5-3-4-6-18(16)24)22(32)33-12-19(30)27-21(31)15-7-9-17(10-8-15)34-23(25)26/h3-10,23H,11-12H2,1-2H3,(H,27,30,31). The number of benzene rings is 2. The molecule has 0 spiro atoms. The van der Waals surface area contributed by atoms with Crippen LogP contribution in [-0.4, -0.2) is 40.8 Å². The molecule has 1 aromatic heterocycles. The maximum atomic E-state index is 12.6. The number of nitrogens with zero attached hydrogens (tertiary/aromatic N) is 2. The number of imide groups is 1. The summed E-state index contributed by atoms with van der Waals surface area (Å²) in [5.74, 6) is -2.54. The minimum Gasteiger partial charge on any atom is -0.452 e. The number of aryl methyl sites for hydroxylation is 1. The van der Waals surface area contributed by atoms with Gasteiger partial charge in [0.05, 0.1) is 17.9 Å². The molecule has 0 bridgehead atoms. The number of rotatable bonds is 8. The quantitative estimate of drug-likeness (QED) is 0.479. The van der Waals surface area contributed by atoms with Gasteiger partial charge in [-0.15, -0.1) is 0 Å². The first-order valence-corrected chi connectivity index (χ1v) is 10.4. The van der Waals surface area contributed by atoms with Gasteiger partial charge in [0.1, 0.15) is 11.3 Å². The molecule has 0 saturated heterocycles. The smallest absolute Gasteiger partial charge is 0.387 e. The summed E-state index contributed by atoms with van der Waals surface area (Å²) in [6.45, 7) is -0.0241. The summed E-state index contributed by atoms with van der Waals surface area (Å²) < 4.78 is 35.2. The van der Waals surface area contributed by atoms with Gasteiger partial charge in [0.25, 0.3) is 11.8 Å². The van der Waals surface area contributed by atoms with Crippen LogP contribution in [0.5, 0.6) is 5.75 Å². The second-order valence-electron chi connectivity index (χ2n) is 7.15. The Balaban J connectivity index is 1.58. The molecule has 2 aromatic carbocycles. The van der Waals surface area contributed by atoms with E-state index in [1.165, 1.54) is 12.1 Å². The zero-order valence-corrected chi connectivity index (χ0v) is 18.9. The maximum absolute atomic E-state index is 12.6. The van der Waals surface area contributed by atoms with E-state index in [0.29, 0.717) is 23.0 Å². The summed E-state index contributed by atoms with van der Waals surface area (Å²) in [7, 11) is 0. The zero-order chi connectivity index (χ0) is 24.8. The van der Waals surface area contributed by atoms with E-state index in [1.807, 2.05) is 18.2 Å². The average molecular weight is 492 g/mol. The molecule has 34 heavy (non-hydrogen) atoms. The van der Waals surface area contributed by atoms with Crippen LogP contribution in [0.4, 0.5) is 8.78 Å². The molecule has 0 saturated carbocycles. The van der Waals surface area contributed by atoms with Crippen LogP contribution in [0.3, 0.4) is 0 Å². The molecule has 3 aromatic rings. The second kappa shape index (κ2) is 10.9. The summed E-state index contributed by atoms with van der Waals surface area (Å²) in [6, 6.07) is 12.0. The highest BCUT2D eigenvalue weighted by Crippen LogP contribution is 2.20. The number of halogens is 3. The van der Waals surface area contributed by atoms with Crippen molar-refractivity contribution in [2.24, 2.45) is 0 Å². The SMILES string of the molecule is Cc1nn(Cc2ccccc2Cl)c(C)c1C(=O)OCC(=O)NC(=O)c1ccc(OC(F)F)cc1. The molecule has 3 rings (SSSR count). The van der Waals surface area contributed by atoms with Gasteiger partial charge in [0.2, 0.25) is 0 Å². The van der Waals surface area contributed by atoms with Crippen molar-refractivity contribution in [3.05, 3.63) is 81.6 Å². The minimum absolute atomic E-state index is 0.0360. The number of hydrogen-bond donors (Lipinski definition) is 1. The first-order valence-electron chi connectivity index (χ1n) is 9.99. The van der Waals surface area contributed by atoms with E-state index in [1.54, 1.807) is 24.6 Å². The lowest BCUT2D eigenvalue weighted by Crippen LogP contribution is -2.34. The third-order valence-corrected chi connectivity index (χ3v) is 5.16. The Labute approximate surface area is 198 Å². The summed E-state index contributed by atoms with van der Waals surface area (Å²) in [6.07, 6.45) is 0. The Morgan fingerprint density at radius 1 is 1.09 bits per heavy atom. The van der Waals surface area contributed by atoms with Crippen LogP contribution < -0.4 is 10.1 Å². The van der Waals surface area contributed by atoms with E-state index < -0.39 is 31.0 Å². The van der Waals surface area contributed by atoms with Gasteiger partial charge < -0.3 is 9.47 Å². The monoisotopic (exact) mass is 491 g/mol. The Bertz CT molecular complexity index is 1210. The van der Waals surface area contributed by atoms with E-state index in [4.69, 9.17) is 16.3 Å². The van der Waals surface area contributed by atoms with E-state index in [0.717, 1.165) is 17.7 Å². The third-order valence-electron chi connectivity index (χ3n) is 4.79. The van der Waals surface area contributed by atoms with E-state index in [-0.39, 0.29) is 16.9 Å². The molecule has 1 N–H and O–H groups in total. The van der Waals surface area contributed by atoms with Gasteiger partial charge in [-0.2, -0.15) is 13.9 Å².